The second-order valence-corrected chi connectivity index (χ2v) is 8.31. The van der Waals surface area contributed by atoms with E-state index in [0.717, 1.165) is 18.4 Å². The van der Waals surface area contributed by atoms with Crippen molar-refractivity contribution in [2.24, 2.45) is 5.92 Å². The van der Waals surface area contributed by atoms with Gasteiger partial charge in [-0.15, -0.1) is 0 Å². The predicted octanol–water partition coefficient (Wildman–Crippen LogP) is 4.03. The fourth-order valence-electron chi connectivity index (χ4n) is 4.12. The molecule has 5 atom stereocenters. The van der Waals surface area contributed by atoms with Crippen molar-refractivity contribution in [3.8, 4) is 0 Å². The van der Waals surface area contributed by atoms with Crippen LogP contribution >= 0.6 is 0 Å². The molecule has 3 aliphatic rings. The van der Waals surface area contributed by atoms with Crippen LogP contribution in [0, 0.1) is 5.92 Å². The van der Waals surface area contributed by atoms with E-state index in [9.17, 15) is 9.59 Å². The van der Waals surface area contributed by atoms with Gasteiger partial charge in [0.25, 0.3) is 0 Å². The third-order valence-corrected chi connectivity index (χ3v) is 6.05. The molecule has 0 amide bonds. The van der Waals surface area contributed by atoms with E-state index < -0.39 is 0 Å². The molecule has 0 aromatic rings. The lowest BCUT2D eigenvalue weighted by atomic mass is 9.85. The highest BCUT2D eigenvalue weighted by Gasteiger charge is 2.55. The van der Waals surface area contributed by atoms with Gasteiger partial charge in [-0.05, 0) is 45.6 Å². The molecule has 0 aromatic carbocycles. The Hall–Kier alpha value is -1.88. The number of carbonyl (C=O) groups is 2. The lowest BCUT2D eigenvalue weighted by molar-refractivity contribution is -0.144. The first-order chi connectivity index (χ1) is 12.7. The number of esters is 2. The van der Waals surface area contributed by atoms with E-state index in [0.29, 0.717) is 24.8 Å². The van der Waals surface area contributed by atoms with E-state index in [2.05, 4.69) is 32.6 Å². The SMILES string of the molecule is C=C1C(=O)O[C@H]2C[C@@]3(C)O[C@@H]3CC/C(C)=C\C[C@@H](OC(C)=O)/C(C)=C\C[C@H]12. The van der Waals surface area contributed by atoms with Gasteiger partial charge in [-0.25, -0.2) is 4.79 Å². The molecule has 27 heavy (non-hydrogen) atoms. The van der Waals surface area contributed by atoms with E-state index in [-0.39, 0.29) is 41.8 Å². The molecule has 148 valence electrons. The van der Waals surface area contributed by atoms with E-state index >= 15 is 0 Å². The predicted molar refractivity (Wildman–Crippen MR) is 102 cm³/mol. The van der Waals surface area contributed by atoms with Crippen molar-refractivity contribution >= 4 is 11.9 Å². The Kier molecular flexibility index (Phi) is 5.61. The van der Waals surface area contributed by atoms with Crippen LogP contribution in [0.15, 0.2) is 35.5 Å². The number of carbonyl (C=O) groups excluding carboxylic acids is 2. The Morgan fingerprint density at radius 2 is 2.04 bits per heavy atom. The maximum Gasteiger partial charge on any atom is 0.334 e. The fourth-order valence-corrected chi connectivity index (χ4v) is 4.12. The van der Waals surface area contributed by atoms with Crippen molar-refractivity contribution in [3.05, 3.63) is 35.5 Å². The van der Waals surface area contributed by atoms with E-state index in [1.807, 2.05) is 6.92 Å². The summed E-state index contributed by atoms with van der Waals surface area (Å²) >= 11 is 0. The molecule has 0 unspecified atom stereocenters. The Labute approximate surface area is 161 Å². The molecule has 3 rings (SSSR count). The summed E-state index contributed by atoms with van der Waals surface area (Å²) in [6, 6.07) is 0. The van der Waals surface area contributed by atoms with Crippen LogP contribution in [-0.4, -0.2) is 35.9 Å². The summed E-state index contributed by atoms with van der Waals surface area (Å²) in [6.07, 6.45) is 7.77. The molecule has 0 bridgehead atoms. The molecule has 2 aliphatic heterocycles. The van der Waals surface area contributed by atoms with Gasteiger partial charge in [-0.1, -0.05) is 24.3 Å². The van der Waals surface area contributed by atoms with Gasteiger partial charge in [0, 0.05) is 31.3 Å². The lowest BCUT2D eigenvalue weighted by Crippen LogP contribution is -2.25. The largest absolute Gasteiger partial charge is 0.458 e. The number of rotatable bonds is 1. The van der Waals surface area contributed by atoms with Crippen LogP contribution in [0.25, 0.3) is 0 Å². The Morgan fingerprint density at radius 3 is 2.74 bits per heavy atom. The number of ether oxygens (including phenoxy) is 3. The molecule has 2 saturated heterocycles. The molecule has 0 radical (unpaired) electrons. The maximum absolute atomic E-state index is 12.1. The number of fused-ring (bicyclic) bond motifs is 2. The van der Waals surface area contributed by atoms with Crippen molar-refractivity contribution in [2.45, 2.75) is 83.7 Å². The molecule has 5 nitrogen and oxygen atoms in total. The summed E-state index contributed by atoms with van der Waals surface area (Å²) < 4.78 is 17.1. The van der Waals surface area contributed by atoms with Crippen LogP contribution in [-0.2, 0) is 23.8 Å². The molecule has 2 heterocycles. The van der Waals surface area contributed by atoms with Crippen LogP contribution in [0.3, 0.4) is 0 Å². The van der Waals surface area contributed by atoms with Gasteiger partial charge >= 0.3 is 11.9 Å². The van der Waals surface area contributed by atoms with Crippen molar-refractivity contribution in [3.63, 3.8) is 0 Å². The lowest BCUT2D eigenvalue weighted by Gasteiger charge is -2.21. The van der Waals surface area contributed by atoms with Crippen LogP contribution in [0.5, 0.6) is 0 Å². The molecular weight excluding hydrogens is 344 g/mol. The number of hydrogen-bond acceptors (Lipinski definition) is 5. The number of epoxide rings is 1. The zero-order chi connectivity index (χ0) is 19.8. The van der Waals surface area contributed by atoms with Crippen molar-refractivity contribution < 1.29 is 23.8 Å². The van der Waals surface area contributed by atoms with Crippen LogP contribution < -0.4 is 0 Å². The molecule has 2 fully saturated rings. The van der Waals surface area contributed by atoms with Crippen LogP contribution in [0.4, 0.5) is 0 Å². The second-order valence-electron chi connectivity index (χ2n) is 8.31. The Morgan fingerprint density at radius 1 is 1.30 bits per heavy atom. The molecule has 0 aromatic heterocycles. The van der Waals surface area contributed by atoms with E-state index in [1.54, 1.807) is 0 Å². The zero-order valence-electron chi connectivity index (χ0n) is 16.7. The van der Waals surface area contributed by atoms with Gasteiger partial charge in [0.2, 0.25) is 0 Å². The van der Waals surface area contributed by atoms with Gasteiger partial charge in [0.05, 0.1) is 11.7 Å². The van der Waals surface area contributed by atoms with Gasteiger partial charge in [0.1, 0.15) is 12.2 Å². The summed E-state index contributed by atoms with van der Waals surface area (Å²) in [4.78, 5) is 23.6. The summed E-state index contributed by atoms with van der Waals surface area (Å²) in [7, 11) is 0. The smallest absolute Gasteiger partial charge is 0.334 e. The van der Waals surface area contributed by atoms with Gasteiger partial charge in [0.15, 0.2) is 0 Å². The minimum absolute atomic E-state index is 0.0627. The Bertz CT molecular complexity index is 703. The first-order valence-corrected chi connectivity index (χ1v) is 9.76. The van der Waals surface area contributed by atoms with Crippen molar-refractivity contribution in [2.75, 3.05) is 0 Å². The third-order valence-electron chi connectivity index (χ3n) is 6.05. The first-order valence-electron chi connectivity index (χ1n) is 9.76. The molecule has 0 N–H and O–H groups in total. The number of hydrogen-bond donors (Lipinski definition) is 0. The average molecular weight is 374 g/mol. The van der Waals surface area contributed by atoms with Crippen LogP contribution in [0.2, 0.25) is 0 Å². The van der Waals surface area contributed by atoms with Crippen molar-refractivity contribution in [1.82, 2.24) is 0 Å². The van der Waals surface area contributed by atoms with E-state index in [1.165, 1.54) is 12.5 Å². The zero-order valence-corrected chi connectivity index (χ0v) is 16.7. The minimum atomic E-state index is -0.310. The highest BCUT2D eigenvalue weighted by atomic mass is 16.6. The van der Waals surface area contributed by atoms with Gasteiger partial charge in [-0.2, -0.15) is 0 Å². The summed E-state index contributed by atoms with van der Waals surface area (Å²) in [6.45, 7) is 11.6. The normalized spacial score (nSPS) is 41.0. The number of allylic oxidation sites excluding steroid dienone is 2. The highest BCUT2D eigenvalue weighted by Crippen LogP contribution is 2.47. The highest BCUT2D eigenvalue weighted by molar-refractivity contribution is 5.90. The van der Waals surface area contributed by atoms with Gasteiger partial charge < -0.3 is 14.2 Å². The average Bonchev–Trinajstić information content (AvgIpc) is 3.16. The standard InChI is InChI=1S/C22H30O5/c1-13-6-10-18(25-16(4)23)14(2)8-9-17-15(3)21(24)26-19(17)12-22(5)20(27-22)11-7-13/h6,8,17-20H,3,7,9-12H2,1-2,4-5H3/b13-6-,14-8-/t17-,18-,19+,20-,22-/m1/s1. The third kappa shape index (κ3) is 4.52. The quantitative estimate of drug-likeness (QED) is 0.300. The Balaban J connectivity index is 1.85. The van der Waals surface area contributed by atoms with Crippen molar-refractivity contribution in [1.29, 1.82) is 0 Å². The first kappa shape index (κ1) is 19.9. The fraction of sp³-hybridized carbons (Fsp3) is 0.636. The summed E-state index contributed by atoms with van der Waals surface area (Å²) in [5, 5.41) is 0. The van der Waals surface area contributed by atoms with Gasteiger partial charge in [-0.3, -0.25) is 4.79 Å². The molecule has 5 heteroatoms. The maximum atomic E-state index is 12.1. The minimum Gasteiger partial charge on any atom is -0.458 e. The molecular formula is C22H30O5. The molecule has 0 saturated carbocycles. The van der Waals surface area contributed by atoms with Crippen LogP contribution in [0.1, 0.15) is 59.8 Å². The monoisotopic (exact) mass is 374 g/mol. The summed E-state index contributed by atoms with van der Waals surface area (Å²) in [5.41, 5.74) is 2.56. The summed E-state index contributed by atoms with van der Waals surface area (Å²) in [5.74, 6) is -0.661. The topological polar surface area (TPSA) is 65.1 Å². The second kappa shape index (κ2) is 7.63. The molecule has 0 spiro atoms. The molecule has 1 aliphatic carbocycles. The van der Waals surface area contributed by atoms with E-state index in [4.69, 9.17) is 14.2 Å².